The van der Waals surface area contributed by atoms with Crippen LogP contribution in [0.4, 0.5) is 0 Å². The Hall–Kier alpha value is -1.15. The summed E-state index contributed by atoms with van der Waals surface area (Å²) >= 11 is 8.15. The number of aromatic carboxylic acids is 1. The van der Waals surface area contributed by atoms with Crippen molar-refractivity contribution < 1.29 is 9.90 Å². The fourth-order valence-electron chi connectivity index (χ4n) is 1.15. The number of carbonyl (C=O) groups is 1. The van der Waals surface area contributed by atoms with Crippen molar-refractivity contribution in [3.05, 3.63) is 38.7 Å². The summed E-state index contributed by atoms with van der Waals surface area (Å²) in [7, 11) is 0. The summed E-state index contributed by atoms with van der Waals surface area (Å²) in [6.45, 7) is 0. The molecule has 0 unspecified atom stereocenters. The van der Waals surface area contributed by atoms with E-state index < -0.39 is 5.97 Å². The van der Waals surface area contributed by atoms with E-state index in [4.69, 9.17) is 16.7 Å². The highest BCUT2D eigenvalue weighted by Crippen LogP contribution is 2.22. The van der Waals surface area contributed by atoms with Gasteiger partial charge in [-0.1, -0.05) is 16.8 Å². The molecule has 1 aromatic heterocycles. The molecule has 2 aromatic rings. The van der Waals surface area contributed by atoms with Crippen LogP contribution >= 0.6 is 34.2 Å². The van der Waals surface area contributed by atoms with E-state index in [0.717, 1.165) is 3.57 Å². The van der Waals surface area contributed by atoms with E-state index in [0.29, 0.717) is 10.7 Å². The van der Waals surface area contributed by atoms with Gasteiger partial charge < -0.3 is 5.11 Å². The van der Waals surface area contributed by atoms with Crippen LogP contribution in [0.25, 0.3) is 5.69 Å². The molecule has 1 N–H and O–H groups in total. The standard InChI is InChI=1S/C9H5ClIN3O2/c10-6-3-5(11)1-2-8(6)14-4-7(9(15)16)12-13-14/h1-4H,(H,15,16). The van der Waals surface area contributed by atoms with Crippen molar-refractivity contribution in [2.75, 3.05) is 0 Å². The van der Waals surface area contributed by atoms with Gasteiger partial charge in [0.1, 0.15) is 0 Å². The molecule has 82 valence electrons. The molecule has 5 nitrogen and oxygen atoms in total. The number of hydrogen-bond acceptors (Lipinski definition) is 3. The second-order valence-electron chi connectivity index (χ2n) is 2.95. The number of carboxylic acids is 1. The Morgan fingerprint density at radius 3 is 2.81 bits per heavy atom. The van der Waals surface area contributed by atoms with Gasteiger partial charge >= 0.3 is 5.97 Å². The third-order valence-electron chi connectivity index (χ3n) is 1.87. The fraction of sp³-hybridized carbons (Fsp3) is 0. The molecule has 0 amide bonds. The second-order valence-corrected chi connectivity index (χ2v) is 4.60. The molecule has 0 atom stereocenters. The van der Waals surface area contributed by atoms with Crippen LogP contribution in [0, 0.1) is 3.57 Å². The van der Waals surface area contributed by atoms with Crippen molar-refractivity contribution in [3.63, 3.8) is 0 Å². The fourth-order valence-corrected chi connectivity index (χ4v) is 2.09. The van der Waals surface area contributed by atoms with E-state index in [1.54, 1.807) is 12.1 Å². The van der Waals surface area contributed by atoms with Crippen molar-refractivity contribution in [3.8, 4) is 5.69 Å². The molecule has 1 heterocycles. The maximum absolute atomic E-state index is 10.6. The van der Waals surface area contributed by atoms with Gasteiger partial charge in [-0.25, -0.2) is 9.48 Å². The number of benzene rings is 1. The van der Waals surface area contributed by atoms with Crippen molar-refractivity contribution in [1.82, 2.24) is 15.0 Å². The number of hydrogen-bond donors (Lipinski definition) is 1. The molecule has 16 heavy (non-hydrogen) atoms. The van der Waals surface area contributed by atoms with Crippen LogP contribution in [-0.4, -0.2) is 26.1 Å². The minimum atomic E-state index is -1.12. The van der Waals surface area contributed by atoms with E-state index in [1.165, 1.54) is 10.9 Å². The second kappa shape index (κ2) is 4.38. The summed E-state index contributed by atoms with van der Waals surface area (Å²) in [5.74, 6) is -1.12. The molecule has 7 heteroatoms. The van der Waals surface area contributed by atoms with Crippen molar-refractivity contribution >= 4 is 40.2 Å². The van der Waals surface area contributed by atoms with Gasteiger partial charge in [0, 0.05) is 3.57 Å². The molecule has 0 fully saturated rings. The molecule has 0 spiro atoms. The largest absolute Gasteiger partial charge is 0.476 e. The molecule has 2 rings (SSSR count). The zero-order valence-corrected chi connectivity index (χ0v) is 10.7. The Kier molecular flexibility index (Phi) is 3.10. The van der Waals surface area contributed by atoms with Crippen LogP contribution in [0.2, 0.25) is 5.02 Å². The highest BCUT2D eigenvalue weighted by atomic mass is 127. The predicted molar refractivity (Wildman–Crippen MR) is 66.0 cm³/mol. The zero-order valence-electron chi connectivity index (χ0n) is 7.76. The van der Waals surface area contributed by atoms with Gasteiger partial charge in [0.2, 0.25) is 0 Å². The number of rotatable bonds is 2. The summed E-state index contributed by atoms with van der Waals surface area (Å²) in [4.78, 5) is 10.6. The van der Waals surface area contributed by atoms with Crippen molar-refractivity contribution in [2.45, 2.75) is 0 Å². The number of aromatic nitrogens is 3. The van der Waals surface area contributed by atoms with E-state index >= 15 is 0 Å². The molecule has 1 aromatic carbocycles. The summed E-state index contributed by atoms with van der Waals surface area (Å²) in [6.07, 6.45) is 1.32. The van der Waals surface area contributed by atoms with Crippen molar-refractivity contribution in [1.29, 1.82) is 0 Å². The average Bonchev–Trinajstić information content (AvgIpc) is 2.66. The Bertz CT molecular complexity index is 555. The topological polar surface area (TPSA) is 68.0 Å². The first-order valence-electron chi connectivity index (χ1n) is 4.19. The Balaban J connectivity index is 2.46. The summed E-state index contributed by atoms with van der Waals surface area (Å²) in [6, 6.07) is 5.37. The summed E-state index contributed by atoms with van der Waals surface area (Å²) in [5, 5.41) is 16.4. The lowest BCUT2D eigenvalue weighted by Gasteiger charge is -2.02. The van der Waals surface area contributed by atoms with Crippen LogP contribution in [-0.2, 0) is 0 Å². The summed E-state index contributed by atoms with van der Waals surface area (Å²) < 4.78 is 2.33. The molecule has 0 aliphatic rings. The maximum atomic E-state index is 10.6. The van der Waals surface area contributed by atoms with Crippen LogP contribution in [0.3, 0.4) is 0 Å². The minimum Gasteiger partial charge on any atom is -0.476 e. The average molecular weight is 350 g/mol. The van der Waals surface area contributed by atoms with Gasteiger partial charge in [0.15, 0.2) is 5.69 Å². The highest BCUT2D eigenvalue weighted by Gasteiger charge is 2.11. The normalized spacial score (nSPS) is 10.4. The SMILES string of the molecule is O=C(O)c1cn(-c2ccc(I)cc2Cl)nn1. The van der Waals surface area contributed by atoms with Crippen molar-refractivity contribution in [2.24, 2.45) is 0 Å². The lowest BCUT2D eigenvalue weighted by atomic mass is 10.3. The number of halogens is 2. The number of carboxylic acid groups (broad SMARTS) is 1. The van der Waals surface area contributed by atoms with Crippen LogP contribution in [0.15, 0.2) is 24.4 Å². The third kappa shape index (κ3) is 2.17. The van der Waals surface area contributed by atoms with Gasteiger partial charge in [-0.3, -0.25) is 0 Å². The first-order valence-corrected chi connectivity index (χ1v) is 5.64. The maximum Gasteiger partial charge on any atom is 0.358 e. The van der Waals surface area contributed by atoms with E-state index in [1.807, 2.05) is 6.07 Å². The molecule has 0 aliphatic carbocycles. The van der Waals surface area contributed by atoms with Gasteiger partial charge in [0.05, 0.1) is 16.9 Å². The van der Waals surface area contributed by atoms with E-state index in [-0.39, 0.29) is 5.69 Å². The van der Waals surface area contributed by atoms with Crippen LogP contribution in [0.5, 0.6) is 0 Å². The summed E-state index contributed by atoms with van der Waals surface area (Å²) in [5.41, 5.74) is 0.483. The Morgan fingerprint density at radius 2 is 2.25 bits per heavy atom. The first kappa shape index (κ1) is 11.3. The first-order chi connectivity index (χ1) is 7.58. The lowest BCUT2D eigenvalue weighted by molar-refractivity contribution is 0.0690. The quantitative estimate of drug-likeness (QED) is 0.844. The highest BCUT2D eigenvalue weighted by molar-refractivity contribution is 14.1. The van der Waals surface area contributed by atoms with E-state index in [2.05, 4.69) is 32.9 Å². The van der Waals surface area contributed by atoms with Gasteiger partial charge in [-0.2, -0.15) is 0 Å². The zero-order chi connectivity index (χ0) is 11.7. The Morgan fingerprint density at radius 1 is 1.50 bits per heavy atom. The van der Waals surface area contributed by atoms with Gasteiger partial charge in [-0.05, 0) is 40.8 Å². The monoisotopic (exact) mass is 349 g/mol. The molecule has 0 bridgehead atoms. The van der Waals surface area contributed by atoms with Crippen LogP contribution < -0.4 is 0 Å². The molecular formula is C9H5ClIN3O2. The third-order valence-corrected chi connectivity index (χ3v) is 2.84. The predicted octanol–water partition coefficient (Wildman–Crippen LogP) is 2.22. The lowest BCUT2D eigenvalue weighted by Crippen LogP contribution is -1.96. The molecule has 0 aliphatic heterocycles. The minimum absolute atomic E-state index is 0.116. The molecular weight excluding hydrogens is 344 g/mol. The molecule has 0 saturated carbocycles. The number of nitrogens with zero attached hydrogens (tertiary/aromatic N) is 3. The molecule has 0 radical (unpaired) electrons. The van der Waals surface area contributed by atoms with E-state index in [9.17, 15) is 4.79 Å². The smallest absolute Gasteiger partial charge is 0.358 e. The van der Waals surface area contributed by atoms with Gasteiger partial charge in [0.25, 0.3) is 0 Å². The Labute approximate surface area is 109 Å². The molecule has 0 saturated heterocycles. The van der Waals surface area contributed by atoms with Crippen LogP contribution in [0.1, 0.15) is 10.5 Å². The van der Waals surface area contributed by atoms with Gasteiger partial charge in [-0.15, -0.1) is 5.10 Å².